The quantitative estimate of drug-likeness (QED) is 0.238. The second kappa shape index (κ2) is 17.0. The predicted octanol–water partition coefficient (Wildman–Crippen LogP) is 1.79. The minimum Gasteiger partial charge on any atom is -0.459 e. The maximum absolute atomic E-state index is 14.1. The highest BCUT2D eigenvalue weighted by Crippen LogP contribution is 2.40. The number of ketones is 1. The van der Waals surface area contributed by atoms with Crippen molar-refractivity contribution >= 4 is 11.8 Å². The summed E-state index contributed by atoms with van der Waals surface area (Å²) >= 11 is 0. The Balaban J connectivity index is 2.18. The predicted molar refractivity (Wildman–Crippen MR) is 186 cm³/mol. The first-order valence-corrected chi connectivity index (χ1v) is 18.5. The Kier molecular flexibility index (Phi) is 14.7. The average Bonchev–Trinajstić information content (AvgIpc) is 3.05. The zero-order valence-corrected chi connectivity index (χ0v) is 32.9. The second-order valence-corrected chi connectivity index (χ2v) is 16.5. The minimum absolute atomic E-state index is 0.0936. The van der Waals surface area contributed by atoms with Crippen molar-refractivity contribution in [3.63, 3.8) is 0 Å². The number of likely N-dealkylation sites (N-methyl/N-ethyl adjacent to an activating group) is 1. The number of esters is 1. The Morgan fingerprint density at radius 3 is 2.04 bits per heavy atom. The lowest BCUT2D eigenvalue weighted by Gasteiger charge is -2.49. The van der Waals surface area contributed by atoms with Gasteiger partial charge in [0.15, 0.2) is 12.6 Å². The summed E-state index contributed by atoms with van der Waals surface area (Å²) in [5.74, 6) is -4.98. The van der Waals surface area contributed by atoms with Crippen LogP contribution < -0.4 is 0 Å². The molecule has 0 spiro atoms. The van der Waals surface area contributed by atoms with Crippen molar-refractivity contribution in [2.24, 2.45) is 23.7 Å². The number of aliphatic hydroxyl groups excluding tert-OH is 3. The average molecular weight is 734 g/mol. The first-order chi connectivity index (χ1) is 23.4. The van der Waals surface area contributed by atoms with Gasteiger partial charge in [-0.3, -0.25) is 9.59 Å². The van der Waals surface area contributed by atoms with Crippen LogP contribution in [0.2, 0.25) is 0 Å². The normalized spacial score (nSPS) is 49.7. The van der Waals surface area contributed by atoms with E-state index in [9.17, 15) is 35.1 Å². The fraction of sp³-hybridized carbons (Fsp3) is 0.946. The maximum atomic E-state index is 14.1. The molecule has 3 saturated heterocycles. The van der Waals surface area contributed by atoms with E-state index in [2.05, 4.69) is 0 Å². The van der Waals surface area contributed by atoms with Gasteiger partial charge in [0.2, 0.25) is 0 Å². The van der Waals surface area contributed by atoms with Crippen LogP contribution in [0.1, 0.15) is 94.9 Å². The van der Waals surface area contributed by atoms with Gasteiger partial charge in [0, 0.05) is 37.3 Å². The SMILES string of the molecule is CC[C@H]1OC(=O)[C@H](C)[C@@H](O[C@H]2C[C@@](C)(OC)[C@@H](O)[C@H](C)O2)[C@H](C)[C@@H](O[C@@H]2O[C@H](C)C[C@H](N(C)C)[C@H]2O)[C@@](C)(O)C[C@@H](C)C(=O)[C@H](C)[C@@H](O)[C@@]1(C)O. The van der Waals surface area contributed by atoms with Crippen LogP contribution in [0.25, 0.3) is 0 Å². The minimum atomic E-state index is -1.99. The smallest absolute Gasteiger partial charge is 0.311 e. The molecule has 3 rings (SSSR count). The van der Waals surface area contributed by atoms with Gasteiger partial charge < -0.3 is 58.9 Å². The Bertz CT molecular complexity index is 1170. The van der Waals surface area contributed by atoms with Crippen molar-refractivity contribution in [2.45, 2.75) is 179 Å². The summed E-state index contributed by atoms with van der Waals surface area (Å²) in [7, 11) is 5.18. The van der Waals surface area contributed by atoms with Crippen molar-refractivity contribution < 1.29 is 63.5 Å². The number of methoxy groups -OCH3 is 1. The standard InChI is InChI=1S/C37H67NO13/c1-14-25-37(10,45)30(41)20(4)27(39)18(2)16-35(8,44)32(51-34-28(40)24(38(11)12)15-19(3)47-34)21(5)29(22(6)33(43)49-25)50-26-17-36(9,46-13)31(42)23(7)48-26/h18-26,28-32,34,40-42,44-45H,14-17H2,1-13H3/t18-,19-,20+,21+,22-,23+,24+,25-,26+,28-,29+,30-,31+,32-,34+,35+,36-,37+/m1/s1. The second-order valence-electron chi connectivity index (χ2n) is 16.5. The number of carbonyl (C=O) groups is 2. The Morgan fingerprint density at radius 1 is 0.882 bits per heavy atom. The molecule has 0 amide bonds. The van der Waals surface area contributed by atoms with Crippen molar-refractivity contribution in [3.8, 4) is 0 Å². The molecule has 0 unspecified atom stereocenters. The third-order valence-electron chi connectivity index (χ3n) is 11.8. The number of hydrogen-bond acceptors (Lipinski definition) is 14. The molecule has 0 saturated carbocycles. The molecule has 3 heterocycles. The fourth-order valence-corrected chi connectivity index (χ4v) is 8.41. The summed E-state index contributed by atoms with van der Waals surface area (Å²) in [4.78, 5) is 29.8. The summed E-state index contributed by atoms with van der Waals surface area (Å²) in [6.45, 7) is 16.3. The van der Waals surface area contributed by atoms with E-state index in [0.29, 0.717) is 6.42 Å². The first kappa shape index (κ1) is 44.1. The van der Waals surface area contributed by atoms with E-state index in [-0.39, 0.29) is 31.4 Å². The lowest BCUT2D eigenvalue weighted by atomic mass is 9.74. The number of nitrogens with zero attached hydrogens (tertiary/aromatic N) is 1. The summed E-state index contributed by atoms with van der Waals surface area (Å²) < 4.78 is 37.1. The van der Waals surface area contributed by atoms with Gasteiger partial charge in [0.1, 0.15) is 29.7 Å². The van der Waals surface area contributed by atoms with Gasteiger partial charge in [-0.25, -0.2) is 0 Å². The number of aliphatic hydroxyl groups is 5. The largest absolute Gasteiger partial charge is 0.459 e. The van der Waals surface area contributed by atoms with E-state index in [1.807, 2.05) is 25.9 Å². The van der Waals surface area contributed by atoms with Gasteiger partial charge in [0.25, 0.3) is 0 Å². The molecule has 18 atom stereocenters. The van der Waals surface area contributed by atoms with Crippen LogP contribution in [-0.2, 0) is 38.0 Å². The molecular weight excluding hydrogens is 666 g/mol. The third kappa shape index (κ3) is 9.51. The van der Waals surface area contributed by atoms with Gasteiger partial charge in [-0.15, -0.1) is 0 Å². The monoisotopic (exact) mass is 733 g/mol. The lowest BCUT2D eigenvalue weighted by Crippen LogP contribution is -2.61. The van der Waals surface area contributed by atoms with Crippen LogP contribution in [-0.4, -0.2) is 148 Å². The van der Waals surface area contributed by atoms with E-state index in [0.717, 1.165) is 0 Å². The highest BCUT2D eigenvalue weighted by molar-refractivity contribution is 5.83. The fourth-order valence-electron chi connectivity index (χ4n) is 8.41. The van der Waals surface area contributed by atoms with Crippen LogP contribution in [0.3, 0.4) is 0 Å². The van der Waals surface area contributed by atoms with Crippen LogP contribution in [0.15, 0.2) is 0 Å². The Morgan fingerprint density at radius 2 is 1.49 bits per heavy atom. The molecule has 3 aliphatic heterocycles. The van der Waals surface area contributed by atoms with Crippen molar-refractivity contribution in [1.29, 1.82) is 0 Å². The van der Waals surface area contributed by atoms with E-state index in [4.69, 9.17) is 28.4 Å². The molecule has 14 nitrogen and oxygen atoms in total. The maximum Gasteiger partial charge on any atom is 0.311 e. The number of ether oxygens (including phenoxy) is 6. The molecule has 51 heavy (non-hydrogen) atoms. The molecule has 0 aromatic carbocycles. The summed E-state index contributed by atoms with van der Waals surface area (Å²) in [5, 5.41) is 57.6. The van der Waals surface area contributed by atoms with Crippen LogP contribution in [0.5, 0.6) is 0 Å². The molecule has 0 bridgehead atoms. The Labute approximate surface area is 304 Å². The third-order valence-corrected chi connectivity index (χ3v) is 11.8. The van der Waals surface area contributed by atoms with Gasteiger partial charge in [-0.2, -0.15) is 0 Å². The van der Waals surface area contributed by atoms with Crippen molar-refractivity contribution in [3.05, 3.63) is 0 Å². The summed E-state index contributed by atoms with van der Waals surface area (Å²) in [6, 6.07) is -0.324. The van der Waals surface area contributed by atoms with Crippen LogP contribution in [0, 0.1) is 23.7 Å². The van der Waals surface area contributed by atoms with Gasteiger partial charge in [-0.1, -0.05) is 27.7 Å². The van der Waals surface area contributed by atoms with Crippen molar-refractivity contribution in [2.75, 3.05) is 21.2 Å². The number of Topliss-reactive ketones (excluding diaryl/α,β-unsaturated/α-hetero) is 1. The van der Waals surface area contributed by atoms with Gasteiger partial charge in [0.05, 0.1) is 47.6 Å². The van der Waals surface area contributed by atoms with E-state index in [1.165, 1.54) is 27.9 Å². The molecule has 0 aromatic heterocycles. The number of carbonyl (C=O) groups excluding carboxylic acids is 2. The van der Waals surface area contributed by atoms with E-state index >= 15 is 0 Å². The molecule has 0 aromatic rings. The van der Waals surface area contributed by atoms with E-state index in [1.54, 1.807) is 41.5 Å². The highest BCUT2D eigenvalue weighted by atomic mass is 16.7. The molecule has 14 heteroatoms. The molecule has 0 radical (unpaired) electrons. The van der Waals surface area contributed by atoms with Crippen LogP contribution in [0.4, 0.5) is 0 Å². The first-order valence-electron chi connectivity index (χ1n) is 18.5. The number of hydrogen-bond donors (Lipinski definition) is 5. The highest BCUT2D eigenvalue weighted by Gasteiger charge is 2.53. The van der Waals surface area contributed by atoms with Crippen LogP contribution >= 0.6 is 0 Å². The summed E-state index contributed by atoms with van der Waals surface area (Å²) in [6.07, 6.45) is -9.71. The molecule has 298 valence electrons. The molecule has 3 fully saturated rings. The Hall–Kier alpha value is -1.30. The molecule has 0 aliphatic carbocycles. The zero-order valence-electron chi connectivity index (χ0n) is 32.9. The van der Waals surface area contributed by atoms with Crippen molar-refractivity contribution in [1.82, 2.24) is 4.90 Å². The molecule has 5 N–H and O–H groups in total. The zero-order chi connectivity index (χ0) is 39.0. The van der Waals surface area contributed by atoms with E-state index < -0.39 is 108 Å². The molecular formula is C37H67NO13. The van der Waals surface area contributed by atoms with Gasteiger partial charge >= 0.3 is 5.97 Å². The topological polar surface area (TPSA) is 194 Å². The van der Waals surface area contributed by atoms with Gasteiger partial charge in [-0.05, 0) is 74.9 Å². The number of rotatable bonds is 7. The lowest BCUT2D eigenvalue weighted by molar-refractivity contribution is -0.318. The molecule has 3 aliphatic rings. The number of cyclic esters (lactones) is 1. The summed E-state index contributed by atoms with van der Waals surface area (Å²) in [5.41, 5.74) is -4.84.